The minimum Gasteiger partial charge on any atom is -0.459 e. The zero-order chi connectivity index (χ0) is 40.8. The van der Waals surface area contributed by atoms with E-state index in [4.69, 9.17) is 9.47 Å². The van der Waals surface area contributed by atoms with Crippen LogP contribution in [0.15, 0.2) is 91.0 Å². The quantitative estimate of drug-likeness (QED) is 0.0675. The third-order valence-corrected chi connectivity index (χ3v) is 10.5. The first-order valence-corrected chi connectivity index (χ1v) is 19.1. The standard InChI is InChI=1S/C43H43FN6O8/c1-27(51)45-23-31-25-50(43(56)58-31)30-14-15-38(37(44)22-30)48-18-20-49(21-19-48)41(54)17-16-39(52)28-10-12-29(13-11-28)47-46-24-40(53)42(55)57-26-36-34-8-4-2-6-32(34)33-7-3-5-9-35(33)36/h2-15,22,31,36,46-47H,16-21,23-26H2,1H3,(H,45,51)/t31-/m0/s1. The molecule has 1 atom stereocenters. The van der Waals surface area contributed by atoms with Gasteiger partial charge in [0.05, 0.1) is 31.0 Å². The number of nitrogens with one attached hydrogen (secondary N) is 3. The van der Waals surface area contributed by atoms with Gasteiger partial charge in [-0.15, -0.1) is 0 Å². The van der Waals surface area contributed by atoms with Crippen LogP contribution in [0.5, 0.6) is 0 Å². The van der Waals surface area contributed by atoms with Gasteiger partial charge in [-0.3, -0.25) is 24.1 Å². The number of hydrogen-bond donors (Lipinski definition) is 3. The molecule has 2 fully saturated rings. The van der Waals surface area contributed by atoms with Crippen LogP contribution in [0.4, 0.5) is 26.2 Å². The van der Waals surface area contributed by atoms with Gasteiger partial charge in [0.2, 0.25) is 11.8 Å². The molecule has 15 heteroatoms. The van der Waals surface area contributed by atoms with E-state index in [0.717, 1.165) is 22.3 Å². The van der Waals surface area contributed by atoms with E-state index in [9.17, 15) is 28.8 Å². The molecule has 0 bridgehead atoms. The molecule has 0 aromatic heterocycles. The Kier molecular flexibility index (Phi) is 12.1. The van der Waals surface area contributed by atoms with Crippen molar-refractivity contribution in [3.63, 3.8) is 0 Å². The number of amides is 3. The summed E-state index contributed by atoms with van der Waals surface area (Å²) in [7, 11) is 0. The number of piperazine rings is 1. The molecule has 2 saturated heterocycles. The molecule has 0 saturated carbocycles. The smallest absolute Gasteiger partial charge is 0.414 e. The third-order valence-electron chi connectivity index (χ3n) is 10.5. The first-order valence-electron chi connectivity index (χ1n) is 19.1. The molecule has 3 N–H and O–H groups in total. The van der Waals surface area contributed by atoms with Crippen LogP contribution in [-0.4, -0.2) is 98.9 Å². The van der Waals surface area contributed by atoms with Gasteiger partial charge >= 0.3 is 12.1 Å². The van der Waals surface area contributed by atoms with E-state index in [1.807, 2.05) is 53.4 Å². The highest BCUT2D eigenvalue weighted by Gasteiger charge is 2.34. The second-order valence-corrected chi connectivity index (χ2v) is 14.3. The highest BCUT2D eigenvalue weighted by molar-refractivity contribution is 6.34. The molecule has 1 aliphatic carbocycles. The number of esters is 1. The van der Waals surface area contributed by atoms with Crippen molar-refractivity contribution in [2.75, 3.05) is 67.6 Å². The van der Waals surface area contributed by atoms with E-state index in [-0.39, 0.29) is 62.6 Å². The van der Waals surface area contributed by atoms with Crippen LogP contribution >= 0.6 is 0 Å². The summed E-state index contributed by atoms with van der Waals surface area (Å²) >= 11 is 0. The summed E-state index contributed by atoms with van der Waals surface area (Å²) in [6.45, 7) is 2.95. The Morgan fingerprint density at radius 2 is 1.52 bits per heavy atom. The molecule has 14 nitrogen and oxygen atoms in total. The lowest BCUT2D eigenvalue weighted by atomic mass is 9.98. The van der Waals surface area contributed by atoms with Crippen LogP contribution in [0.3, 0.4) is 0 Å². The van der Waals surface area contributed by atoms with Crippen LogP contribution < -0.4 is 26.0 Å². The number of Topliss-reactive ketones (excluding diaryl/α,β-unsaturated/α-hetero) is 2. The van der Waals surface area contributed by atoms with Crippen LogP contribution in [-0.2, 0) is 28.7 Å². The molecular weight excluding hydrogens is 748 g/mol. The SMILES string of the molecule is CC(=O)NC[C@H]1CN(c2ccc(N3CCN(C(=O)CCC(=O)c4ccc(NNCC(=O)C(=O)OCC5c6ccccc6-c6ccccc65)cc4)CC3)c(F)c2)C(=O)O1. The number of ketones is 2. The second-order valence-electron chi connectivity index (χ2n) is 14.3. The number of halogens is 1. The fourth-order valence-corrected chi connectivity index (χ4v) is 7.45. The molecule has 3 amide bonds. The van der Waals surface area contributed by atoms with Gasteiger partial charge in [0, 0.05) is 63.1 Å². The maximum absolute atomic E-state index is 15.2. The van der Waals surface area contributed by atoms with Crippen molar-refractivity contribution in [1.82, 2.24) is 15.6 Å². The third kappa shape index (κ3) is 8.99. The van der Waals surface area contributed by atoms with Crippen molar-refractivity contribution in [3.05, 3.63) is 114 Å². The molecule has 0 radical (unpaired) electrons. The lowest BCUT2D eigenvalue weighted by Gasteiger charge is -2.36. The Balaban J connectivity index is 0.803. The van der Waals surface area contributed by atoms with E-state index >= 15 is 4.39 Å². The van der Waals surface area contributed by atoms with E-state index in [0.29, 0.717) is 48.8 Å². The monoisotopic (exact) mass is 790 g/mol. The summed E-state index contributed by atoms with van der Waals surface area (Å²) in [4.78, 5) is 79.3. The van der Waals surface area contributed by atoms with Gasteiger partial charge in [0.15, 0.2) is 5.78 Å². The number of cyclic esters (lactones) is 1. The van der Waals surface area contributed by atoms with E-state index in [1.54, 1.807) is 41.3 Å². The predicted octanol–water partition coefficient (Wildman–Crippen LogP) is 4.44. The fourth-order valence-electron chi connectivity index (χ4n) is 7.45. The molecule has 2 aliphatic heterocycles. The number of hydrazine groups is 1. The summed E-state index contributed by atoms with van der Waals surface area (Å²) in [5.74, 6) is -2.96. The van der Waals surface area contributed by atoms with Gasteiger partial charge in [-0.1, -0.05) is 48.5 Å². The Labute approximate surface area is 334 Å². The number of benzene rings is 4. The second kappa shape index (κ2) is 17.7. The number of carbonyl (C=O) groups excluding carboxylic acids is 6. The van der Waals surface area contributed by atoms with Crippen molar-refractivity contribution in [3.8, 4) is 11.1 Å². The van der Waals surface area contributed by atoms with Crippen molar-refractivity contribution in [1.29, 1.82) is 0 Å². The number of ether oxygens (including phenoxy) is 2. The highest BCUT2D eigenvalue weighted by atomic mass is 19.1. The van der Waals surface area contributed by atoms with Gasteiger partial charge < -0.3 is 30.0 Å². The molecule has 0 unspecified atom stereocenters. The molecule has 300 valence electrons. The molecule has 3 aliphatic rings. The number of hydrogen-bond acceptors (Lipinski definition) is 11. The van der Waals surface area contributed by atoms with Gasteiger partial charge in [-0.25, -0.2) is 19.4 Å². The average Bonchev–Trinajstić information content (AvgIpc) is 3.78. The van der Waals surface area contributed by atoms with Gasteiger partial charge in [0.25, 0.3) is 5.78 Å². The Hall–Kier alpha value is -6.61. The zero-order valence-corrected chi connectivity index (χ0v) is 31.9. The Morgan fingerprint density at radius 3 is 2.17 bits per heavy atom. The lowest BCUT2D eigenvalue weighted by Crippen LogP contribution is -2.49. The van der Waals surface area contributed by atoms with Crippen molar-refractivity contribution < 1.29 is 42.6 Å². The van der Waals surface area contributed by atoms with Gasteiger partial charge in [0.1, 0.15) is 18.5 Å². The first-order chi connectivity index (χ1) is 28.0. The normalized spacial score (nSPS) is 16.0. The Bertz CT molecular complexity index is 2180. The molecule has 0 spiro atoms. The summed E-state index contributed by atoms with van der Waals surface area (Å²) < 4.78 is 25.9. The van der Waals surface area contributed by atoms with Crippen LogP contribution in [0.25, 0.3) is 11.1 Å². The van der Waals surface area contributed by atoms with Crippen LogP contribution in [0.1, 0.15) is 47.2 Å². The topological polar surface area (TPSA) is 167 Å². The number of anilines is 3. The average molecular weight is 791 g/mol. The summed E-state index contributed by atoms with van der Waals surface area (Å²) in [5.41, 5.74) is 11.5. The summed E-state index contributed by atoms with van der Waals surface area (Å²) in [5, 5.41) is 2.61. The van der Waals surface area contributed by atoms with E-state index < -0.39 is 29.8 Å². The Morgan fingerprint density at radius 1 is 0.845 bits per heavy atom. The van der Waals surface area contributed by atoms with Crippen LogP contribution in [0.2, 0.25) is 0 Å². The molecule has 7 rings (SSSR count). The number of carbonyl (C=O) groups is 6. The van der Waals surface area contributed by atoms with Crippen molar-refractivity contribution in [2.45, 2.75) is 31.8 Å². The summed E-state index contributed by atoms with van der Waals surface area (Å²) in [6.07, 6.45) is -1.12. The summed E-state index contributed by atoms with van der Waals surface area (Å²) in [6, 6.07) is 26.9. The maximum atomic E-state index is 15.2. The fraction of sp³-hybridized carbons (Fsp3) is 0.302. The van der Waals surface area contributed by atoms with E-state index in [2.05, 4.69) is 16.2 Å². The van der Waals surface area contributed by atoms with Crippen LogP contribution in [0, 0.1) is 5.82 Å². The number of nitrogens with zero attached hydrogens (tertiary/aromatic N) is 3. The molecule has 58 heavy (non-hydrogen) atoms. The number of rotatable bonds is 15. The van der Waals surface area contributed by atoms with Crippen molar-refractivity contribution in [2.24, 2.45) is 0 Å². The maximum Gasteiger partial charge on any atom is 0.414 e. The highest BCUT2D eigenvalue weighted by Crippen LogP contribution is 2.44. The van der Waals surface area contributed by atoms with Gasteiger partial charge in [-0.2, -0.15) is 0 Å². The zero-order valence-electron chi connectivity index (χ0n) is 31.9. The first kappa shape index (κ1) is 39.6. The lowest BCUT2D eigenvalue weighted by molar-refractivity contribution is -0.153. The predicted molar refractivity (Wildman–Crippen MR) is 213 cm³/mol. The van der Waals surface area contributed by atoms with Crippen molar-refractivity contribution >= 4 is 52.5 Å². The van der Waals surface area contributed by atoms with Gasteiger partial charge in [-0.05, 0) is 64.7 Å². The molecule has 4 aromatic rings. The van der Waals surface area contributed by atoms with E-state index in [1.165, 1.54) is 17.9 Å². The molecule has 4 aromatic carbocycles. The minimum absolute atomic E-state index is 0.0133. The minimum atomic E-state index is -0.933. The number of fused-ring (bicyclic) bond motifs is 3. The molecular formula is C43H43FN6O8. The molecule has 2 heterocycles. The largest absolute Gasteiger partial charge is 0.459 e.